The summed E-state index contributed by atoms with van der Waals surface area (Å²) in [6, 6.07) is 1.43. The van der Waals surface area contributed by atoms with Gasteiger partial charge < -0.3 is 4.74 Å². The summed E-state index contributed by atoms with van der Waals surface area (Å²) >= 11 is 11.5. The fourth-order valence-electron chi connectivity index (χ4n) is 0.758. The Morgan fingerprint density at radius 3 is 2.62 bits per heavy atom. The fourth-order valence-corrected chi connectivity index (χ4v) is 1.19. The number of nitrogens with zero attached hydrogens (tertiary/aromatic N) is 1. The highest BCUT2D eigenvalue weighted by Gasteiger charge is 2.11. The second kappa shape index (κ2) is 3.94. The Balaban J connectivity index is 3.20. The first-order valence-corrected chi connectivity index (χ1v) is 4.22. The number of pyridine rings is 1. The molecule has 13 heavy (non-hydrogen) atoms. The second-order valence-electron chi connectivity index (χ2n) is 2.40. The highest BCUT2D eigenvalue weighted by molar-refractivity contribution is 6.35. The van der Waals surface area contributed by atoms with Crippen LogP contribution in [0.3, 0.4) is 0 Å². The van der Waals surface area contributed by atoms with E-state index in [4.69, 9.17) is 23.2 Å². The van der Waals surface area contributed by atoms with Gasteiger partial charge in [0.15, 0.2) is 5.69 Å². The SMILES string of the molecule is COC(=O)c1cc(Cl)c(C)c(Cl)n1. The van der Waals surface area contributed by atoms with E-state index in [1.807, 2.05) is 0 Å². The molecule has 0 unspecified atom stereocenters. The van der Waals surface area contributed by atoms with Crippen LogP contribution in [0.15, 0.2) is 6.07 Å². The molecule has 0 N–H and O–H groups in total. The van der Waals surface area contributed by atoms with E-state index < -0.39 is 5.97 Å². The van der Waals surface area contributed by atoms with E-state index >= 15 is 0 Å². The third-order valence-electron chi connectivity index (χ3n) is 1.54. The van der Waals surface area contributed by atoms with Crippen molar-refractivity contribution < 1.29 is 9.53 Å². The van der Waals surface area contributed by atoms with E-state index in [1.54, 1.807) is 6.92 Å². The van der Waals surface area contributed by atoms with E-state index in [9.17, 15) is 4.79 Å². The number of hydrogen-bond donors (Lipinski definition) is 0. The van der Waals surface area contributed by atoms with Crippen molar-refractivity contribution in [2.75, 3.05) is 7.11 Å². The van der Waals surface area contributed by atoms with Crippen LogP contribution in [-0.4, -0.2) is 18.1 Å². The molecule has 0 saturated heterocycles. The van der Waals surface area contributed by atoms with Crippen LogP contribution >= 0.6 is 23.2 Å². The Bertz CT molecular complexity index is 329. The zero-order valence-corrected chi connectivity index (χ0v) is 8.61. The van der Waals surface area contributed by atoms with Crippen molar-refractivity contribution in [2.45, 2.75) is 6.92 Å². The number of aromatic nitrogens is 1. The number of methoxy groups -OCH3 is 1. The summed E-state index contributed by atoms with van der Waals surface area (Å²) in [6.45, 7) is 1.72. The summed E-state index contributed by atoms with van der Waals surface area (Å²) in [5.41, 5.74) is 0.763. The van der Waals surface area contributed by atoms with Gasteiger partial charge in [-0.1, -0.05) is 23.2 Å². The first kappa shape index (κ1) is 10.3. The lowest BCUT2D eigenvalue weighted by Gasteiger charge is -2.03. The molecule has 0 spiro atoms. The first-order valence-electron chi connectivity index (χ1n) is 3.47. The predicted octanol–water partition coefficient (Wildman–Crippen LogP) is 2.48. The van der Waals surface area contributed by atoms with Crippen LogP contribution in [0.1, 0.15) is 16.1 Å². The van der Waals surface area contributed by atoms with E-state index in [0.717, 1.165) is 0 Å². The monoisotopic (exact) mass is 219 g/mol. The van der Waals surface area contributed by atoms with E-state index in [-0.39, 0.29) is 10.8 Å². The maximum atomic E-state index is 11.0. The van der Waals surface area contributed by atoms with Gasteiger partial charge in [-0.3, -0.25) is 0 Å². The molecule has 1 heterocycles. The van der Waals surface area contributed by atoms with Gasteiger partial charge >= 0.3 is 5.97 Å². The molecule has 1 aromatic rings. The van der Waals surface area contributed by atoms with E-state index in [0.29, 0.717) is 10.6 Å². The summed E-state index contributed by atoms with van der Waals surface area (Å²) in [7, 11) is 1.27. The zero-order chi connectivity index (χ0) is 10.0. The highest BCUT2D eigenvalue weighted by atomic mass is 35.5. The molecule has 0 aliphatic heterocycles. The molecule has 0 saturated carbocycles. The summed E-state index contributed by atoms with van der Waals surface area (Å²) in [5, 5.41) is 0.619. The van der Waals surface area contributed by atoms with E-state index in [2.05, 4.69) is 9.72 Å². The van der Waals surface area contributed by atoms with Gasteiger partial charge in [-0.25, -0.2) is 9.78 Å². The molecule has 1 aromatic heterocycles. The van der Waals surface area contributed by atoms with Crippen LogP contribution in [-0.2, 0) is 4.74 Å². The minimum atomic E-state index is -0.552. The van der Waals surface area contributed by atoms with Gasteiger partial charge in [-0.15, -0.1) is 0 Å². The Morgan fingerprint density at radius 1 is 1.54 bits per heavy atom. The van der Waals surface area contributed by atoms with Crippen LogP contribution in [0.4, 0.5) is 0 Å². The summed E-state index contributed by atoms with van der Waals surface area (Å²) in [6.07, 6.45) is 0. The molecule has 0 radical (unpaired) electrons. The maximum absolute atomic E-state index is 11.0. The van der Waals surface area contributed by atoms with Gasteiger partial charge in [0.25, 0.3) is 0 Å². The first-order chi connectivity index (χ1) is 6.06. The van der Waals surface area contributed by atoms with Crippen molar-refractivity contribution in [1.29, 1.82) is 0 Å². The average Bonchev–Trinajstić information content (AvgIpc) is 2.12. The summed E-state index contributed by atoms with van der Waals surface area (Å²) < 4.78 is 4.47. The van der Waals surface area contributed by atoms with Crippen molar-refractivity contribution in [3.63, 3.8) is 0 Å². The average molecular weight is 220 g/mol. The summed E-state index contributed by atoms with van der Waals surface area (Å²) in [4.78, 5) is 14.8. The Labute approximate surface area is 85.6 Å². The van der Waals surface area contributed by atoms with Crippen molar-refractivity contribution >= 4 is 29.2 Å². The molecule has 0 aliphatic carbocycles. The molecule has 5 heteroatoms. The van der Waals surface area contributed by atoms with Crippen molar-refractivity contribution in [3.05, 3.63) is 27.5 Å². The molecule has 0 aliphatic rings. The molecule has 1 rings (SSSR count). The van der Waals surface area contributed by atoms with Crippen molar-refractivity contribution in [1.82, 2.24) is 4.98 Å². The number of esters is 1. The molecule has 0 amide bonds. The van der Waals surface area contributed by atoms with Crippen molar-refractivity contribution in [3.8, 4) is 0 Å². The lowest BCUT2D eigenvalue weighted by molar-refractivity contribution is 0.0594. The number of carbonyl (C=O) groups excluding carboxylic acids is 1. The summed E-state index contributed by atoms with van der Waals surface area (Å²) in [5.74, 6) is -0.552. The molecular weight excluding hydrogens is 213 g/mol. The lowest BCUT2D eigenvalue weighted by Crippen LogP contribution is -2.04. The normalized spacial score (nSPS) is 9.85. The van der Waals surface area contributed by atoms with Crippen LogP contribution in [0.5, 0.6) is 0 Å². The van der Waals surface area contributed by atoms with Gasteiger partial charge in [-0.05, 0) is 13.0 Å². The predicted molar refractivity (Wildman–Crippen MR) is 50.3 cm³/mol. The van der Waals surface area contributed by atoms with E-state index in [1.165, 1.54) is 13.2 Å². The zero-order valence-electron chi connectivity index (χ0n) is 7.10. The quantitative estimate of drug-likeness (QED) is 0.539. The standard InChI is InChI=1S/C8H7Cl2NO2/c1-4-5(9)3-6(8(12)13-2)11-7(4)10/h3H,1-2H3. The molecule has 0 fully saturated rings. The Morgan fingerprint density at radius 2 is 2.15 bits per heavy atom. The minimum Gasteiger partial charge on any atom is -0.464 e. The van der Waals surface area contributed by atoms with Gasteiger partial charge in [-0.2, -0.15) is 0 Å². The van der Waals surface area contributed by atoms with Crippen LogP contribution < -0.4 is 0 Å². The number of hydrogen-bond acceptors (Lipinski definition) is 3. The number of ether oxygens (including phenoxy) is 1. The number of carbonyl (C=O) groups is 1. The van der Waals surface area contributed by atoms with Crippen LogP contribution in [0, 0.1) is 6.92 Å². The third kappa shape index (κ3) is 2.11. The Hall–Kier alpha value is -0.800. The van der Waals surface area contributed by atoms with Crippen molar-refractivity contribution in [2.24, 2.45) is 0 Å². The lowest BCUT2D eigenvalue weighted by atomic mass is 10.3. The molecule has 3 nitrogen and oxygen atoms in total. The Kier molecular flexibility index (Phi) is 3.12. The minimum absolute atomic E-state index is 0.114. The van der Waals surface area contributed by atoms with Crippen LogP contribution in [0.2, 0.25) is 10.2 Å². The van der Waals surface area contributed by atoms with Gasteiger partial charge in [0.2, 0.25) is 0 Å². The number of halogens is 2. The third-order valence-corrected chi connectivity index (χ3v) is 2.30. The largest absolute Gasteiger partial charge is 0.464 e. The topological polar surface area (TPSA) is 39.2 Å². The molecular formula is C8H7Cl2NO2. The second-order valence-corrected chi connectivity index (χ2v) is 3.16. The number of rotatable bonds is 1. The molecule has 0 atom stereocenters. The highest BCUT2D eigenvalue weighted by Crippen LogP contribution is 2.22. The van der Waals surface area contributed by atoms with Gasteiger partial charge in [0.1, 0.15) is 5.15 Å². The molecule has 0 bridgehead atoms. The smallest absolute Gasteiger partial charge is 0.356 e. The fraction of sp³-hybridized carbons (Fsp3) is 0.250. The van der Waals surface area contributed by atoms with Crippen LogP contribution in [0.25, 0.3) is 0 Å². The van der Waals surface area contributed by atoms with Gasteiger partial charge in [0.05, 0.1) is 7.11 Å². The molecule has 70 valence electrons. The van der Waals surface area contributed by atoms with Gasteiger partial charge in [0, 0.05) is 10.6 Å². The molecule has 0 aromatic carbocycles. The maximum Gasteiger partial charge on any atom is 0.356 e.